The zero-order valence-electron chi connectivity index (χ0n) is 17.3. The summed E-state index contributed by atoms with van der Waals surface area (Å²) in [6.07, 6.45) is 9.44. The first-order valence-electron chi connectivity index (χ1n) is 11.2. The van der Waals surface area contributed by atoms with E-state index in [2.05, 4.69) is 23.3 Å². The average Bonchev–Trinajstić information content (AvgIpc) is 3.42. The summed E-state index contributed by atoms with van der Waals surface area (Å²) in [7, 11) is 2.24. The molecule has 30 heavy (non-hydrogen) atoms. The fourth-order valence-electron chi connectivity index (χ4n) is 5.67. The number of carbonyl (C=O) groups excluding carboxylic acids is 1. The van der Waals surface area contributed by atoms with Crippen molar-refractivity contribution in [2.75, 3.05) is 7.05 Å². The highest BCUT2D eigenvalue weighted by Gasteiger charge is 2.36. The molecule has 1 aliphatic carbocycles. The summed E-state index contributed by atoms with van der Waals surface area (Å²) in [4.78, 5) is 23.0. The van der Waals surface area contributed by atoms with E-state index in [1.807, 2.05) is 18.2 Å². The van der Waals surface area contributed by atoms with Crippen molar-refractivity contribution >= 4 is 28.3 Å². The molecule has 156 valence electrons. The van der Waals surface area contributed by atoms with Gasteiger partial charge < -0.3 is 14.6 Å². The molecule has 6 rings (SSSR count). The van der Waals surface area contributed by atoms with E-state index in [9.17, 15) is 4.79 Å². The van der Waals surface area contributed by atoms with Crippen LogP contribution in [-0.4, -0.2) is 41.0 Å². The van der Waals surface area contributed by atoms with Gasteiger partial charge in [0.25, 0.3) is 5.91 Å². The van der Waals surface area contributed by atoms with Crippen molar-refractivity contribution in [3.8, 4) is 10.8 Å². The Bertz CT molecular complexity index is 1080. The second-order valence-corrected chi connectivity index (χ2v) is 10.3. The van der Waals surface area contributed by atoms with E-state index in [0.29, 0.717) is 34.6 Å². The third-order valence-corrected chi connectivity index (χ3v) is 8.52. The van der Waals surface area contributed by atoms with E-state index >= 15 is 0 Å². The molecule has 0 saturated carbocycles. The van der Waals surface area contributed by atoms with Crippen LogP contribution in [0.5, 0.6) is 0 Å². The minimum absolute atomic E-state index is 0.0262. The number of hydrogen-bond donors (Lipinski definition) is 1. The van der Waals surface area contributed by atoms with Crippen LogP contribution < -0.4 is 5.32 Å². The van der Waals surface area contributed by atoms with Gasteiger partial charge in [-0.05, 0) is 75.8 Å². The van der Waals surface area contributed by atoms with E-state index in [1.165, 1.54) is 36.1 Å². The number of fused-ring (bicyclic) bond motifs is 4. The number of piperidine rings is 2. The molecule has 2 atom stereocenters. The molecule has 5 nitrogen and oxygen atoms in total. The molecule has 0 spiro atoms. The molecule has 1 aromatic carbocycles. The Balaban J connectivity index is 1.26. The molecule has 3 aliphatic rings. The van der Waals surface area contributed by atoms with Crippen molar-refractivity contribution in [3.63, 3.8) is 0 Å². The second kappa shape index (κ2) is 7.20. The lowest BCUT2D eigenvalue weighted by Crippen LogP contribution is -2.55. The first-order chi connectivity index (χ1) is 14.7. The van der Waals surface area contributed by atoms with Gasteiger partial charge in [0, 0.05) is 23.0 Å². The lowest BCUT2D eigenvalue weighted by molar-refractivity contribution is 0.0463. The number of thiophene rings is 1. The van der Waals surface area contributed by atoms with Crippen LogP contribution in [0.15, 0.2) is 28.7 Å². The number of nitrogens with zero attached hydrogens (tertiary/aromatic N) is 2. The van der Waals surface area contributed by atoms with Gasteiger partial charge in [0.05, 0.1) is 10.4 Å². The van der Waals surface area contributed by atoms with Crippen molar-refractivity contribution in [1.29, 1.82) is 0 Å². The summed E-state index contributed by atoms with van der Waals surface area (Å²) >= 11 is 1.78. The maximum Gasteiger partial charge on any atom is 0.253 e. The topological polar surface area (TPSA) is 58.4 Å². The highest BCUT2D eigenvalue weighted by molar-refractivity contribution is 7.15. The molecule has 1 amide bonds. The lowest BCUT2D eigenvalue weighted by atomic mass is 9.82. The van der Waals surface area contributed by atoms with Crippen LogP contribution in [-0.2, 0) is 12.8 Å². The van der Waals surface area contributed by atoms with Gasteiger partial charge in [0.15, 0.2) is 5.58 Å². The summed E-state index contributed by atoms with van der Waals surface area (Å²) in [5, 5.41) is 3.31. The fourth-order valence-corrected chi connectivity index (χ4v) is 6.85. The van der Waals surface area contributed by atoms with Crippen molar-refractivity contribution in [1.82, 2.24) is 15.2 Å². The Morgan fingerprint density at radius 2 is 2.03 bits per heavy atom. The normalized spacial score (nSPS) is 26.1. The predicted octanol–water partition coefficient (Wildman–Crippen LogP) is 4.79. The Morgan fingerprint density at radius 3 is 2.83 bits per heavy atom. The second-order valence-electron chi connectivity index (χ2n) is 9.13. The lowest BCUT2D eigenvalue weighted by Gasteiger charge is -2.47. The zero-order chi connectivity index (χ0) is 20.2. The van der Waals surface area contributed by atoms with Gasteiger partial charge in [-0.3, -0.25) is 4.79 Å². The Labute approximate surface area is 180 Å². The van der Waals surface area contributed by atoms with Gasteiger partial charge in [-0.25, -0.2) is 4.98 Å². The molecular weight excluding hydrogens is 394 g/mol. The van der Waals surface area contributed by atoms with E-state index < -0.39 is 0 Å². The molecular formula is C24H27N3O2S. The van der Waals surface area contributed by atoms with Gasteiger partial charge >= 0.3 is 0 Å². The Hall–Kier alpha value is -2.18. The van der Waals surface area contributed by atoms with Crippen molar-refractivity contribution in [2.24, 2.45) is 0 Å². The average molecular weight is 422 g/mol. The third kappa shape index (κ3) is 3.08. The molecule has 2 unspecified atom stereocenters. The van der Waals surface area contributed by atoms with Gasteiger partial charge in [0.1, 0.15) is 5.52 Å². The smallest absolute Gasteiger partial charge is 0.253 e. The van der Waals surface area contributed by atoms with Crippen LogP contribution in [0, 0.1) is 0 Å². The highest BCUT2D eigenvalue weighted by Crippen LogP contribution is 2.38. The molecule has 3 aromatic rings. The molecule has 2 bridgehead atoms. The number of amides is 1. The SMILES string of the molecule is CN1C2CCCC1CC(NC(=O)c1cccc3oc(-c4cc5c(s4)CCC5)nc13)C2. The van der Waals surface area contributed by atoms with Gasteiger partial charge in [-0.15, -0.1) is 11.3 Å². The quantitative estimate of drug-likeness (QED) is 0.661. The number of aryl methyl sites for hydroxylation is 2. The Morgan fingerprint density at radius 1 is 1.20 bits per heavy atom. The molecule has 0 radical (unpaired) electrons. The standard InChI is InChI=1S/C24H27N3O2S/c1-27-16-6-3-7-17(27)13-15(12-16)25-23(28)18-8-4-9-19-22(18)26-24(29-19)21-11-14-5-2-10-20(14)30-21/h4,8-9,11,15-17H,2-3,5-7,10,12-13H2,1H3,(H,25,28). The van der Waals surface area contributed by atoms with Gasteiger partial charge in [-0.2, -0.15) is 0 Å². The van der Waals surface area contributed by atoms with Crippen LogP contribution in [0.3, 0.4) is 0 Å². The zero-order valence-corrected chi connectivity index (χ0v) is 18.1. The van der Waals surface area contributed by atoms with Gasteiger partial charge in [0.2, 0.25) is 5.89 Å². The summed E-state index contributed by atoms with van der Waals surface area (Å²) in [5.74, 6) is 0.611. The minimum Gasteiger partial charge on any atom is -0.435 e. The molecule has 6 heteroatoms. The maximum absolute atomic E-state index is 13.2. The van der Waals surface area contributed by atoms with E-state index in [4.69, 9.17) is 9.40 Å². The van der Waals surface area contributed by atoms with Crippen LogP contribution >= 0.6 is 11.3 Å². The van der Waals surface area contributed by atoms with E-state index in [0.717, 1.165) is 30.6 Å². The van der Waals surface area contributed by atoms with Crippen molar-refractivity contribution in [2.45, 2.75) is 69.5 Å². The predicted molar refractivity (Wildman–Crippen MR) is 119 cm³/mol. The number of aromatic nitrogens is 1. The molecule has 2 aromatic heterocycles. The summed E-state index contributed by atoms with van der Waals surface area (Å²) < 4.78 is 6.06. The largest absolute Gasteiger partial charge is 0.435 e. The van der Waals surface area contributed by atoms with E-state index in [-0.39, 0.29) is 11.9 Å². The van der Waals surface area contributed by atoms with Crippen molar-refractivity contribution in [3.05, 3.63) is 40.3 Å². The molecule has 4 heterocycles. The van der Waals surface area contributed by atoms with Crippen LogP contribution in [0.4, 0.5) is 0 Å². The number of carbonyl (C=O) groups is 1. The first-order valence-corrected chi connectivity index (χ1v) is 12.0. The summed E-state index contributed by atoms with van der Waals surface area (Å²) in [5.41, 5.74) is 3.41. The molecule has 2 fully saturated rings. The van der Waals surface area contributed by atoms with Crippen LogP contribution in [0.25, 0.3) is 21.9 Å². The summed E-state index contributed by atoms with van der Waals surface area (Å²) in [6.45, 7) is 0. The molecule has 2 saturated heterocycles. The summed E-state index contributed by atoms with van der Waals surface area (Å²) in [6, 6.07) is 9.32. The highest BCUT2D eigenvalue weighted by atomic mass is 32.1. The fraction of sp³-hybridized carbons (Fsp3) is 0.500. The number of hydrogen-bond acceptors (Lipinski definition) is 5. The number of nitrogens with one attached hydrogen (secondary N) is 1. The third-order valence-electron chi connectivity index (χ3n) is 7.30. The molecule has 2 aliphatic heterocycles. The number of para-hydroxylation sites is 1. The van der Waals surface area contributed by atoms with Crippen LogP contribution in [0.2, 0.25) is 0 Å². The molecule has 1 N–H and O–H groups in total. The maximum atomic E-state index is 13.2. The first kappa shape index (κ1) is 18.6. The number of rotatable bonds is 3. The van der Waals surface area contributed by atoms with E-state index in [1.54, 1.807) is 11.3 Å². The van der Waals surface area contributed by atoms with Crippen molar-refractivity contribution < 1.29 is 9.21 Å². The van der Waals surface area contributed by atoms with Crippen LogP contribution in [0.1, 0.15) is 59.3 Å². The number of oxazole rings is 1. The Kier molecular flexibility index (Phi) is 4.46. The van der Waals surface area contributed by atoms with Gasteiger partial charge in [-0.1, -0.05) is 12.5 Å². The number of benzene rings is 1. The monoisotopic (exact) mass is 421 g/mol. The minimum atomic E-state index is -0.0262.